The molecule has 4 aromatic rings. The van der Waals surface area contributed by atoms with E-state index in [1.807, 2.05) is 97.9 Å². The predicted octanol–water partition coefficient (Wildman–Crippen LogP) is 7.27. The number of amides is 1. The van der Waals surface area contributed by atoms with Gasteiger partial charge in [0.2, 0.25) is 0 Å². The molecule has 0 radical (unpaired) electrons. The number of ether oxygens (including phenoxy) is 1. The highest BCUT2D eigenvalue weighted by Crippen LogP contribution is 2.35. The molecule has 0 aromatic heterocycles. The number of carbonyl (C=O) groups excluding carboxylic acids is 1. The molecule has 5 rings (SSSR count). The van der Waals surface area contributed by atoms with E-state index in [0.717, 1.165) is 33.2 Å². The standard InChI is InChI=1S/C28H21ClN2O2S/c1-18-6-13-22(14-7-18)30-28-31-27(32)26(34-28)16-24-23-5-3-2-4-20(23)10-15-25(24)33-17-19-8-11-21(29)12-9-19/h2-16H,17H2,1H3,(H,30,31,32)/b26-16+. The number of amidine groups is 1. The maximum Gasteiger partial charge on any atom is 0.264 e. The number of nitrogens with zero attached hydrogens (tertiary/aromatic N) is 1. The molecular weight excluding hydrogens is 464 g/mol. The Morgan fingerprint density at radius 1 is 0.971 bits per heavy atom. The number of thioether (sulfide) groups is 1. The topological polar surface area (TPSA) is 50.7 Å². The number of nitrogens with one attached hydrogen (secondary N) is 1. The molecule has 1 amide bonds. The Bertz CT molecular complexity index is 1430. The number of aryl methyl sites for hydroxylation is 1. The minimum atomic E-state index is -0.174. The van der Waals surface area contributed by atoms with Crippen molar-refractivity contribution in [1.82, 2.24) is 5.32 Å². The Labute approximate surface area is 207 Å². The molecule has 0 saturated carbocycles. The van der Waals surface area contributed by atoms with E-state index >= 15 is 0 Å². The third-order valence-corrected chi connectivity index (χ3v) is 6.59. The maximum absolute atomic E-state index is 12.8. The van der Waals surface area contributed by atoms with Crippen molar-refractivity contribution in [2.75, 3.05) is 0 Å². The van der Waals surface area contributed by atoms with E-state index in [2.05, 4.69) is 10.3 Å². The maximum atomic E-state index is 12.8. The van der Waals surface area contributed by atoms with Gasteiger partial charge in [0.15, 0.2) is 5.17 Å². The fourth-order valence-electron chi connectivity index (χ4n) is 3.64. The van der Waals surface area contributed by atoms with Crippen molar-refractivity contribution in [3.05, 3.63) is 112 Å². The summed E-state index contributed by atoms with van der Waals surface area (Å²) in [5, 5.41) is 6.21. The molecule has 168 valence electrons. The van der Waals surface area contributed by atoms with Crippen molar-refractivity contribution in [2.45, 2.75) is 13.5 Å². The number of benzene rings is 4. The Hall–Kier alpha value is -3.54. The first-order valence-corrected chi connectivity index (χ1v) is 12.0. The van der Waals surface area contributed by atoms with Gasteiger partial charge in [-0.1, -0.05) is 71.8 Å². The van der Waals surface area contributed by atoms with Crippen molar-refractivity contribution in [3.8, 4) is 5.75 Å². The van der Waals surface area contributed by atoms with E-state index in [1.54, 1.807) is 0 Å². The lowest BCUT2D eigenvalue weighted by Crippen LogP contribution is -2.19. The van der Waals surface area contributed by atoms with Crippen LogP contribution >= 0.6 is 23.4 Å². The number of rotatable bonds is 5. The summed E-state index contributed by atoms with van der Waals surface area (Å²) in [6, 6.07) is 27.5. The summed E-state index contributed by atoms with van der Waals surface area (Å²) in [5.74, 6) is 0.533. The second-order valence-electron chi connectivity index (χ2n) is 7.93. The number of fused-ring (bicyclic) bond motifs is 1. The fourth-order valence-corrected chi connectivity index (χ4v) is 4.59. The molecule has 6 heteroatoms. The Morgan fingerprint density at radius 3 is 2.53 bits per heavy atom. The highest BCUT2D eigenvalue weighted by atomic mass is 35.5. The number of carbonyl (C=O) groups is 1. The predicted molar refractivity (Wildman–Crippen MR) is 142 cm³/mol. The summed E-state index contributed by atoms with van der Waals surface area (Å²) in [6.07, 6.45) is 1.89. The van der Waals surface area contributed by atoms with Crippen LogP contribution in [-0.4, -0.2) is 11.1 Å². The van der Waals surface area contributed by atoms with Gasteiger partial charge in [-0.2, -0.15) is 0 Å². The van der Waals surface area contributed by atoms with Gasteiger partial charge in [0, 0.05) is 10.6 Å². The molecular formula is C28H21ClN2O2S. The van der Waals surface area contributed by atoms with Gasteiger partial charge in [-0.05, 0) is 71.4 Å². The summed E-state index contributed by atoms with van der Waals surface area (Å²) in [6.45, 7) is 2.42. The summed E-state index contributed by atoms with van der Waals surface area (Å²) < 4.78 is 6.19. The van der Waals surface area contributed by atoms with Crippen LogP contribution in [0.2, 0.25) is 5.02 Å². The zero-order chi connectivity index (χ0) is 23.5. The minimum Gasteiger partial charge on any atom is -0.488 e. The van der Waals surface area contributed by atoms with Crippen molar-refractivity contribution in [3.63, 3.8) is 0 Å². The van der Waals surface area contributed by atoms with Crippen LogP contribution in [0.4, 0.5) is 5.69 Å². The van der Waals surface area contributed by atoms with Crippen LogP contribution in [0.5, 0.6) is 5.75 Å². The van der Waals surface area contributed by atoms with Crippen LogP contribution in [-0.2, 0) is 11.4 Å². The number of aliphatic imine (C=N–C) groups is 1. The summed E-state index contributed by atoms with van der Waals surface area (Å²) in [7, 11) is 0. The molecule has 1 saturated heterocycles. The van der Waals surface area contributed by atoms with Crippen LogP contribution < -0.4 is 10.1 Å². The molecule has 0 atom stereocenters. The first-order chi connectivity index (χ1) is 16.5. The van der Waals surface area contributed by atoms with Crippen molar-refractivity contribution in [2.24, 2.45) is 4.99 Å². The van der Waals surface area contributed by atoms with Gasteiger partial charge in [-0.25, -0.2) is 4.99 Å². The average Bonchev–Trinajstić information content (AvgIpc) is 3.19. The van der Waals surface area contributed by atoms with Gasteiger partial charge in [0.1, 0.15) is 12.4 Å². The minimum absolute atomic E-state index is 0.174. The monoisotopic (exact) mass is 484 g/mol. The lowest BCUT2D eigenvalue weighted by Gasteiger charge is -2.13. The van der Waals surface area contributed by atoms with Gasteiger partial charge in [0.25, 0.3) is 5.91 Å². The zero-order valence-electron chi connectivity index (χ0n) is 18.4. The van der Waals surface area contributed by atoms with Gasteiger partial charge >= 0.3 is 0 Å². The van der Waals surface area contributed by atoms with E-state index in [0.29, 0.717) is 27.5 Å². The van der Waals surface area contributed by atoms with Crippen LogP contribution in [0.1, 0.15) is 16.7 Å². The first kappa shape index (κ1) is 22.3. The normalized spacial score (nSPS) is 15.8. The largest absolute Gasteiger partial charge is 0.488 e. The number of hydrogen-bond acceptors (Lipinski definition) is 4. The van der Waals surface area contributed by atoms with Crippen molar-refractivity contribution in [1.29, 1.82) is 0 Å². The third kappa shape index (κ3) is 5.01. The molecule has 34 heavy (non-hydrogen) atoms. The van der Waals surface area contributed by atoms with Crippen LogP contribution in [0, 0.1) is 6.92 Å². The van der Waals surface area contributed by atoms with Crippen LogP contribution in [0.3, 0.4) is 0 Å². The molecule has 1 aliphatic heterocycles. The molecule has 4 nitrogen and oxygen atoms in total. The SMILES string of the molecule is Cc1ccc(N=C2NC(=O)/C(=C\c3c(OCc4ccc(Cl)cc4)ccc4ccccc34)S2)cc1. The smallest absolute Gasteiger partial charge is 0.264 e. The van der Waals surface area contributed by atoms with E-state index < -0.39 is 0 Å². The lowest BCUT2D eigenvalue weighted by molar-refractivity contribution is -0.115. The van der Waals surface area contributed by atoms with E-state index in [9.17, 15) is 4.79 Å². The highest BCUT2D eigenvalue weighted by Gasteiger charge is 2.25. The molecule has 0 spiro atoms. The number of halogens is 1. The van der Waals surface area contributed by atoms with Crippen molar-refractivity contribution < 1.29 is 9.53 Å². The van der Waals surface area contributed by atoms with Crippen LogP contribution in [0.25, 0.3) is 16.8 Å². The first-order valence-electron chi connectivity index (χ1n) is 10.8. The van der Waals surface area contributed by atoms with Gasteiger partial charge < -0.3 is 10.1 Å². The summed E-state index contributed by atoms with van der Waals surface area (Å²) in [4.78, 5) is 17.9. The highest BCUT2D eigenvalue weighted by molar-refractivity contribution is 8.18. The molecule has 0 bridgehead atoms. The Balaban J connectivity index is 1.47. The van der Waals surface area contributed by atoms with E-state index in [-0.39, 0.29) is 5.91 Å². The van der Waals surface area contributed by atoms with Gasteiger partial charge in [0.05, 0.1) is 10.6 Å². The Kier molecular flexibility index (Phi) is 6.39. The second kappa shape index (κ2) is 9.75. The van der Waals surface area contributed by atoms with Crippen LogP contribution in [0.15, 0.2) is 94.8 Å². The Morgan fingerprint density at radius 2 is 1.74 bits per heavy atom. The molecule has 1 N–H and O–H groups in total. The summed E-state index contributed by atoms with van der Waals surface area (Å²) >= 11 is 7.33. The summed E-state index contributed by atoms with van der Waals surface area (Å²) in [5.41, 5.74) is 3.83. The van der Waals surface area contributed by atoms with Gasteiger partial charge in [-0.15, -0.1) is 0 Å². The van der Waals surface area contributed by atoms with Crippen molar-refractivity contribution >= 4 is 57.0 Å². The lowest BCUT2D eigenvalue weighted by atomic mass is 10.0. The average molecular weight is 485 g/mol. The third-order valence-electron chi connectivity index (χ3n) is 5.43. The molecule has 4 aromatic carbocycles. The molecule has 1 heterocycles. The van der Waals surface area contributed by atoms with E-state index in [4.69, 9.17) is 16.3 Å². The fraction of sp³-hybridized carbons (Fsp3) is 0.0714. The molecule has 1 aliphatic rings. The molecule has 0 unspecified atom stereocenters. The quantitative estimate of drug-likeness (QED) is 0.303. The number of hydrogen-bond donors (Lipinski definition) is 1. The van der Waals surface area contributed by atoms with E-state index in [1.165, 1.54) is 11.8 Å². The van der Waals surface area contributed by atoms with Gasteiger partial charge in [-0.3, -0.25) is 4.79 Å². The zero-order valence-corrected chi connectivity index (χ0v) is 20.0. The second-order valence-corrected chi connectivity index (χ2v) is 9.40. The molecule has 1 fully saturated rings. The molecule has 0 aliphatic carbocycles.